The van der Waals surface area contributed by atoms with Crippen molar-refractivity contribution in [3.05, 3.63) is 23.2 Å². The summed E-state index contributed by atoms with van der Waals surface area (Å²) < 4.78 is 5.42. The molecule has 0 aliphatic carbocycles. The number of amides is 1. The van der Waals surface area contributed by atoms with Crippen molar-refractivity contribution in [1.29, 1.82) is 0 Å². The minimum absolute atomic E-state index is 0.223. The Kier molecular flexibility index (Phi) is 5.81. The lowest BCUT2D eigenvalue weighted by molar-refractivity contribution is 0.0285. The number of halogens is 1. The molecule has 0 saturated carbocycles. The van der Waals surface area contributed by atoms with Crippen molar-refractivity contribution in [1.82, 2.24) is 19.8 Å². The molecular weight excluding hydrogens is 316 g/mol. The van der Waals surface area contributed by atoms with Crippen molar-refractivity contribution >= 4 is 17.7 Å². The van der Waals surface area contributed by atoms with Crippen LogP contribution in [0.25, 0.3) is 0 Å². The lowest BCUT2D eigenvalue weighted by atomic mass is 10.1. The smallest absolute Gasteiger partial charge is 0.410 e. The van der Waals surface area contributed by atoms with E-state index >= 15 is 0 Å². The van der Waals surface area contributed by atoms with E-state index in [1.165, 1.54) is 0 Å². The Morgan fingerprint density at radius 1 is 1.43 bits per heavy atom. The predicted molar refractivity (Wildman–Crippen MR) is 89.3 cm³/mol. The zero-order chi connectivity index (χ0) is 17.0. The maximum absolute atomic E-state index is 12.1. The maximum Gasteiger partial charge on any atom is 0.410 e. The third kappa shape index (κ3) is 5.62. The molecule has 0 aromatic carbocycles. The Bertz CT molecular complexity index is 547. The number of carbonyl (C=O) groups is 1. The van der Waals surface area contributed by atoms with Gasteiger partial charge in [-0.3, -0.25) is 4.98 Å². The van der Waals surface area contributed by atoms with E-state index in [-0.39, 0.29) is 6.09 Å². The SMILES string of the molecule is CN(Cc1nccnc1Cl)CC1CCN(C(=O)OC(C)(C)C)C1. The molecule has 1 aromatic heterocycles. The van der Waals surface area contributed by atoms with Gasteiger partial charge in [0.15, 0.2) is 5.15 Å². The molecule has 1 aliphatic rings. The van der Waals surface area contributed by atoms with Crippen LogP contribution in [0.3, 0.4) is 0 Å². The van der Waals surface area contributed by atoms with Gasteiger partial charge in [0.25, 0.3) is 0 Å². The van der Waals surface area contributed by atoms with Crippen molar-refractivity contribution in [2.24, 2.45) is 5.92 Å². The Labute approximate surface area is 142 Å². The topological polar surface area (TPSA) is 58.6 Å². The van der Waals surface area contributed by atoms with Crippen LogP contribution in [0.4, 0.5) is 4.79 Å². The lowest BCUT2D eigenvalue weighted by Crippen LogP contribution is -2.36. The minimum Gasteiger partial charge on any atom is -0.444 e. The second-order valence-corrected chi connectivity index (χ2v) is 7.43. The van der Waals surface area contributed by atoms with Gasteiger partial charge in [0.1, 0.15) is 5.60 Å². The molecule has 7 heteroatoms. The standard InChI is InChI=1S/C16H25ClN4O2/c1-16(2,3)23-15(22)21-8-5-12(10-21)9-20(4)11-13-14(17)19-7-6-18-13/h6-7,12H,5,8-11H2,1-4H3. The first-order valence-corrected chi connectivity index (χ1v) is 8.24. The number of nitrogens with zero attached hydrogens (tertiary/aromatic N) is 4. The predicted octanol–water partition coefficient (Wildman–Crippen LogP) is 2.82. The fourth-order valence-electron chi connectivity index (χ4n) is 2.69. The van der Waals surface area contributed by atoms with E-state index in [2.05, 4.69) is 14.9 Å². The summed E-state index contributed by atoms with van der Waals surface area (Å²) in [7, 11) is 2.03. The highest BCUT2D eigenvalue weighted by Crippen LogP contribution is 2.21. The van der Waals surface area contributed by atoms with Crippen molar-refractivity contribution in [2.75, 3.05) is 26.7 Å². The number of hydrogen-bond acceptors (Lipinski definition) is 5. The van der Waals surface area contributed by atoms with E-state index in [9.17, 15) is 4.79 Å². The van der Waals surface area contributed by atoms with Gasteiger partial charge < -0.3 is 14.5 Å². The minimum atomic E-state index is -0.450. The number of carbonyl (C=O) groups excluding carboxylic acids is 1. The van der Waals surface area contributed by atoms with E-state index in [0.29, 0.717) is 17.6 Å². The largest absolute Gasteiger partial charge is 0.444 e. The molecule has 6 nitrogen and oxygen atoms in total. The first kappa shape index (κ1) is 17.9. The van der Waals surface area contributed by atoms with E-state index in [0.717, 1.165) is 31.7 Å². The zero-order valence-electron chi connectivity index (χ0n) is 14.3. The zero-order valence-corrected chi connectivity index (χ0v) is 15.0. The molecule has 1 aromatic rings. The fourth-order valence-corrected chi connectivity index (χ4v) is 2.86. The Balaban J connectivity index is 1.81. The maximum atomic E-state index is 12.1. The molecule has 23 heavy (non-hydrogen) atoms. The number of ether oxygens (including phenoxy) is 1. The molecule has 128 valence electrons. The van der Waals surface area contributed by atoms with Crippen LogP contribution >= 0.6 is 11.6 Å². The van der Waals surface area contributed by atoms with Gasteiger partial charge in [-0.15, -0.1) is 0 Å². The fraction of sp³-hybridized carbons (Fsp3) is 0.688. The number of likely N-dealkylation sites (tertiary alicyclic amines) is 1. The summed E-state index contributed by atoms with van der Waals surface area (Å²) in [5.41, 5.74) is 0.327. The molecule has 2 heterocycles. The van der Waals surface area contributed by atoms with Crippen LogP contribution in [0.2, 0.25) is 5.15 Å². The van der Waals surface area contributed by atoms with Gasteiger partial charge in [-0.2, -0.15) is 0 Å². The monoisotopic (exact) mass is 340 g/mol. The number of hydrogen-bond donors (Lipinski definition) is 0. The van der Waals surface area contributed by atoms with Crippen LogP contribution in [0.5, 0.6) is 0 Å². The van der Waals surface area contributed by atoms with Gasteiger partial charge in [-0.1, -0.05) is 11.6 Å². The Hall–Kier alpha value is -1.40. The van der Waals surface area contributed by atoms with Crippen molar-refractivity contribution in [3.63, 3.8) is 0 Å². The van der Waals surface area contributed by atoms with Gasteiger partial charge in [0.2, 0.25) is 0 Å². The average molecular weight is 341 g/mol. The summed E-state index contributed by atoms with van der Waals surface area (Å²) in [6, 6.07) is 0. The highest BCUT2D eigenvalue weighted by molar-refractivity contribution is 6.29. The summed E-state index contributed by atoms with van der Waals surface area (Å²) >= 11 is 6.04. The lowest BCUT2D eigenvalue weighted by Gasteiger charge is -2.25. The highest BCUT2D eigenvalue weighted by atomic mass is 35.5. The molecule has 0 spiro atoms. The van der Waals surface area contributed by atoms with Gasteiger partial charge in [-0.25, -0.2) is 9.78 Å². The van der Waals surface area contributed by atoms with Crippen molar-refractivity contribution in [3.8, 4) is 0 Å². The van der Waals surface area contributed by atoms with Crippen LogP contribution in [-0.4, -0.2) is 58.1 Å². The molecule has 1 unspecified atom stereocenters. The Morgan fingerprint density at radius 3 is 2.78 bits per heavy atom. The summed E-state index contributed by atoms with van der Waals surface area (Å²) in [4.78, 5) is 24.3. The van der Waals surface area contributed by atoms with Crippen LogP contribution in [0, 0.1) is 5.92 Å². The molecule has 0 N–H and O–H groups in total. The van der Waals surface area contributed by atoms with E-state index in [1.807, 2.05) is 27.8 Å². The van der Waals surface area contributed by atoms with Crippen molar-refractivity contribution < 1.29 is 9.53 Å². The summed E-state index contributed by atoms with van der Waals surface area (Å²) in [5, 5.41) is 0.446. The average Bonchev–Trinajstić information content (AvgIpc) is 2.88. The molecule has 0 radical (unpaired) electrons. The number of aromatic nitrogens is 2. The van der Waals surface area contributed by atoms with E-state index in [4.69, 9.17) is 16.3 Å². The highest BCUT2D eigenvalue weighted by Gasteiger charge is 2.30. The molecule has 2 rings (SSSR count). The van der Waals surface area contributed by atoms with E-state index < -0.39 is 5.60 Å². The van der Waals surface area contributed by atoms with Crippen LogP contribution < -0.4 is 0 Å². The Morgan fingerprint density at radius 2 is 2.13 bits per heavy atom. The first-order chi connectivity index (χ1) is 10.7. The summed E-state index contributed by atoms with van der Waals surface area (Å²) in [5.74, 6) is 0.433. The van der Waals surface area contributed by atoms with Crippen LogP contribution in [0.15, 0.2) is 12.4 Å². The second-order valence-electron chi connectivity index (χ2n) is 7.07. The molecular formula is C16H25ClN4O2. The van der Waals surface area contributed by atoms with Gasteiger partial charge in [0.05, 0.1) is 5.69 Å². The van der Waals surface area contributed by atoms with Gasteiger partial charge in [-0.05, 0) is 40.2 Å². The van der Waals surface area contributed by atoms with Crippen LogP contribution in [0.1, 0.15) is 32.9 Å². The molecule has 1 atom stereocenters. The number of rotatable bonds is 4. The van der Waals surface area contributed by atoms with Gasteiger partial charge >= 0.3 is 6.09 Å². The normalized spacial score (nSPS) is 18.5. The first-order valence-electron chi connectivity index (χ1n) is 7.86. The summed E-state index contributed by atoms with van der Waals surface area (Å²) in [6.07, 6.45) is 3.99. The molecule has 1 fully saturated rings. The molecule has 1 saturated heterocycles. The van der Waals surface area contributed by atoms with Crippen molar-refractivity contribution in [2.45, 2.75) is 39.3 Å². The molecule has 1 aliphatic heterocycles. The third-order valence-electron chi connectivity index (χ3n) is 3.65. The van der Waals surface area contributed by atoms with Gasteiger partial charge in [0, 0.05) is 38.6 Å². The quantitative estimate of drug-likeness (QED) is 0.843. The second kappa shape index (κ2) is 7.45. The summed E-state index contributed by atoms with van der Waals surface area (Å²) in [6.45, 7) is 8.67. The van der Waals surface area contributed by atoms with Crippen LogP contribution in [-0.2, 0) is 11.3 Å². The molecule has 0 bridgehead atoms. The third-order valence-corrected chi connectivity index (χ3v) is 3.97. The molecule has 1 amide bonds. The van der Waals surface area contributed by atoms with E-state index in [1.54, 1.807) is 17.3 Å².